The molecule has 0 heterocycles. The van der Waals surface area contributed by atoms with Crippen molar-refractivity contribution in [3.63, 3.8) is 0 Å². The Morgan fingerprint density at radius 1 is 0.393 bits per heavy atom. The van der Waals surface area contributed by atoms with Crippen LogP contribution in [0.1, 0.15) is 128 Å². The number of hydrogen-bond acceptors (Lipinski definition) is 0. The fraction of sp³-hybridized carbons (Fsp3) is 1.00. The Bertz CT molecular complexity index is 394. The predicted octanol–water partition coefficient (Wildman–Crippen LogP) is 7.99. The lowest BCUT2D eigenvalue weighted by atomic mass is 9.91. The van der Waals surface area contributed by atoms with Crippen molar-refractivity contribution in [3.8, 4) is 0 Å². The van der Waals surface area contributed by atoms with Crippen LogP contribution in [0, 0.1) is 0 Å². The highest BCUT2D eigenvalue weighted by molar-refractivity contribution is 7.43. The molecule has 0 amide bonds. The molecule has 0 aromatic carbocycles. The van der Waals surface area contributed by atoms with Crippen LogP contribution in [0.15, 0.2) is 0 Å². The third kappa shape index (κ3) is 5.19. The minimum absolute atomic E-state index is 0.655. The predicted molar refractivity (Wildman–Crippen MR) is 121 cm³/mol. The van der Waals surface area contributed by atoms with Crippen LogP contribution in [0.3, 0.4) is 0 Å². The molecule has 0 aliphatic heterocycles. The topological polar surface area (TPSA) is 28.8 Å². The lowest BCUT2D eigenvalue weighted by Crippen LogP contribution is -2.48. The van der Waals surface area contributed by atoms with Gasteiger partial charge in [0.25, 0.3) is 0 Å². The zero-order chi connectivity index (χ0) is 19.2. The highest BCUT2D eigenvalue weighted by Crippen LogP contribution is 2.50. The molecular formula is C24H44N3P. The molecule has 0 bridgehead atoms. The van der Waals surface area contributed by atoms with Gasteiger partial charge in [0, 0.05) is 0 Å². The highest BCUT2D eigenvalue weighted by Gasteiger charge is 2.43. The van der Waals surface area contributed by atoms with E-state index >= 15 is 0 Å². The SMILES string of the molecule is [N-]=[P+](N(C1CCCCC1)C1CCCCC1)N(C1CCCCC1)C1CCCCC1. The molecule has 0 aromatic heterocycles. The van der Waals surface area contributed by atoms with Crippen molar-refractivity contribution in [2.45, 2.75) is 153 Å². The first kappa shape index (κ1) is 21.3. The summed E-state index contributed by atoms with van der Waals surface area (Å²) in [5, 5.41) is 12.1. The second kappa shape index (κ2) is 10.9. The van der Waals surface area contributed by atoms with Crippen LogP contribution >= 0.6 is 8.01 Å². The van der Waals surface area contributed by atoms with Crippen molar-refractivity contribution >= 4 is 8.01 Å². The lowest BCUT2D eigenvalue weighted by Gasteiger charge is -2.44. The molecule has 4 aliphatic carbocycles. The van der Waals surface area contributed by atoms with Gasteiger partial charge in [-0.2, -0.15) is 0 Å². The molecule has 0 unspecified atom stereocenters. The third-order valence-electron chi connectivity index (χ3n) is 8.21. The molecule has 0 saturated heterocycles. The number of nitrogens with zero attached hydrogens (tertiary/aromatic N) is 3. The Labute approximate surface area is 175 Å². The Balaban J connectivity index is 1.57. The van der Waals surface area contributed by atoms with Crippen molar-refractivity contribution < 1.29 is 0 Å². The molecule has 0 aromatic rings. The first-order valence-electron chi connectivity index (χ1n) is 12.9. The minimum Gasteiger partial charge on any atom is -0.550 e. The second-order valence-electron chi connectivity index (χ2n) is 10.2. The summed E-state index contributed by atoms with van der Waals surface area (Å²) < 4.78 is 5.49. The first-order chi connectivity index (χ1) is 13.8. The molecular weight excluding hydrogens is 361 g/mol. The molecule has 4 fully saturated rings. The molecule has 28 heavy (non-hydrogen) atoms. The summed E-state index contributed by atoms with van der Waals surface area (Å²) >= 11 is 0. The standard InChI is InChI=1S/C24H44N3P/c25-28(26(21-13-5-1-6-14-21)22-15-7-2-8-16-22)27(23-17-9-3-10-18-23)24-19-11-4-12-20-24/h21-24H,1-20H2. The molecule has 4 heteroatoms. The van der Waals surface area contributed by atoms with Crippen molar-refractivity contribution in [2.24, 2.45) is 0 Å². The van der Waals surface area contributed by atoms with Crippen LogP contribution < -0.4 is 0 Å². The summed E-state index contributed by atoms with van der Waals surface area (Å²) in [6.45, 7) is 0. The van der Waals surface area contributed by atoms with Gasteiger partial charge in [-0.3, -0.25) is 0 Å². The van der Waals surface area contributed by atoms with E-state index in [0.29, 0.717) is 24.2 Å². The quantitative estimate of drug-likeness (QED) is 0.419. The van der Waals surface area contributed by atoms with Crippen molar-refractivity contribution in [2.75, 3.05) is 0 Å². The fourth-order valence-electron chi connectivity index (χ4n) is 6.68. The average molecular weight is 406 g/mol. The normalized spacial score (nSPS) is 27.5. The Hall–Kier alpha value is 0.0200. The van der Waals surface area contributed by atoms with Crippen LogP contribution in [0.4, 0.5) is 0 Å². The Morgan fingerprint density at radius 2 is 0.607 bits per heavy atom. The zero-order valence-electron chi connectivity index (χ0n) is 18.2. The van der Waals surface area contributed by atoms with E-state index < -0.39 is 8.01 Å². The third-order valence-corrected chi connectivity index (χ3v) is 10.3. The summed E-state index contributed by atoms with van der Waals surface area (Å²) in [7, 11) is -1.13. The highest BCUT2D eigenvalue weighted by atomic mass is 31.1. The summed E-state index contributed by atoms with van der Waals surface area (Å²) in [5.74, 6) is 0. The number of hydrogen-bond donors (Lipinski definition) is 0. The first-order valence-corrected chi connectivity index (χ1v) is 14.1. The van der Waals surface area contributed by atoms with E-state index in [0.717, 1.165) is 0 Å². The minimum atomic E-state index is -1.13. The smallest absolute Gasteiger partial charge is 0.180 e. The van der Waals surface area contributed by atoms with Gasteiger partial charge in [0.05, 0.1) is 24.2 Å². The van der Waals surface area contributed by atoms with Crippen LogP contribution in [0.2, 0.25) is 0 Å². The maximum Gasteiger partial charge on any atom is 0.180 e. The van der Waals surface area contributed by atoms with Gasteiger partial charge in [-0.05, 0) is 51.4 Å². The molecule has 3 nitrogen and oxygen atoms in total. The van der Waals surface area contributed by atoms with Gasteiger partial charge in [0.2, 0.25) is 0 Å². The Morgan fingerprint density at radius 3 is 0.821 bits per heavy atom. The van der Waals surface area contributed by atoms with Gasteiger partial charge >= 0.3 is 0 Å². The largest absolute Gasteiger partial charge is 0.550 e. The van der Waals surface area contributed by atoms with E-state index in [1.807, 2.05) is 0 Å². The molecule has 4 rings (SSSR count). The zero-order valence-corrected chi connectivity index (χ0v) is 19.1. The molecule has 0 spiro atoms. The Kier molecular flexibility index (Phi) is 8.25. The average Bonchev–Trinajstić information content (AvgIpc) is 2.77. The van der Waals surface area contributed by atoms with Gasteiger partial charge in [-0.1, -0.05) is 77.0 Å². The van der Waals surface area contributed by atoms with Crippen LogP contribution in [0.5, 0.6) is 0 Å². The summed E-state index contributed by atoms with van der Waals surface area (Å²) in [5.41, 5.74) is 0. The monoisotopic (exact) mass is 405 g/mol. The van der Waals surface area contributed by atoms with E-state index in [2.05, 4.69) is 9.34 Å². The molecule has 0 atom stereocenters. The van der Waals surface area contributed by atoms with Crippen LogP contribution in [-0.4, -0.2) is 33.5 Å². The van der Waals surface area contributed by atoms with Gasteiger partial charge < -0.3 is 5.16 Å². The summed E-state index contributed by atoms with van der Waals surface area (Å²) in [6, 6.07) is 2.62. The van der Waals surface area contributed by atoms with Crippen molar-refractivity contribution in [1.29, 1.82) is 0 Å². The van der Waals surface area contributed by atoms with Crippen LogP contribution in [-0.2, 0) is 0 Å². The van der Waals surface area contributed by atoms with Crippen molar-refractivity contribution in [3.05, 3.63) is 5.16 Å². The van der Waals surface area contributed by atoms with Gasteiger partial charge in [0.1, 0.15) is 0 Å². The van der Waals surface area contributed by atoms with E-state index in [1.54, 1.807) is 0 Å². The van der Waals surface area contributed by atoms with Crippen LogP contribution in [0.25, 0.3) is 5.16 Å². The fourth-order valence-corrected chi connectivity index (χ4v) is 9.01. The maximum absolute atomic E-state index is 12.1. The van der Waals surface area contributed by atoms with Gasteiger partial charge in [-0.25, -0.2) is 0 Å². The van der Waals surface area contributed by atoms with Crippen molar-refractivity contribution in [1.82, 2.24) is 9.34 Å². The van der Waals surface area contributed by atoms with Gasteiger partial charge in [-0.15, -0.1) is 9.34 Å². The summed E-state index contributed by atoms with van der Waals surface area (Å²) in [4.78, 5) is 0. The molecule has 4 saturated carbocycles. The second-order valence-corrected chi connectivity index (χ2v) is 11.7. The van der Waals surface area contributed by atoms with E-state index in [9.17, 15) is 5.16 Å². The molecule has 0 N–H and O–H groups in total. The van der Waals surface area contributed by atoms with E-state index in [-0.39, 0.29) is 0 Å². The van der Waals surface area contributed by atoms with E-state index in [4.69, 9.17) is 0 Å². The molecule has 160 valence electrons. The summed E-state index contributed by atoms with van der Waals surface area (Å²) in [6.07, 6.45) is 27.3. The molecule has 0 radical (unpaired) electrons. The molecule has 4 aliphatic rings. The van der Waals surface area contributed by atoms with E-state index in [1.165, 1.54) is 128 Å². The maximum atomic E-state index is 12.1. The number of rotatable bonds is 6. The lowest BCUT2D eigenvalue weighted by molar-refractivity contribution is 0.137. The van der Waals surface area contributed by atoms with Gasteiger partial charge in [0.15, 0.2) is 8.01 Å².